The summed E-state index contributed by atoms with van der Waals surface area (Å²) in [7, 11) is 0. The minimum atomic E-state index is -0.770. The molecule has 1 fully saturated rings. The first-order valence-electron chi connectivity index (χ1n) is 12.1. The van der Waals surface area contributed by atoms with E-state index in [0.717, 1.165) is 16.2 Å². The maximum Gasteiger partial charge on any atom is 0.335 e. The van der Waals surface area contributed by atoms with Crippen molar-refractivity contribution in [3.8, 4) is 11.5 Å². The van der Waals surface area contributed by atoms with E-state index >= 15 is 0 Å². The minimum absolute atomic E-state index is 0.0929. The van der Waals surface area contributed by atoms with Crippen molar-refractivity contribution in [1.29, 1.82) is 0 Å². The maximum atomic E-state index is 13.0. The average Bonchev–Trinajstić information content (AvgIpc) is 2.85. The number of hydrogen-bond donors (Lipinski definition) is 1. The molecule has 37 heavy (non-hydrogen) atoms. The Morgan fingerprint density at radius 2 is 1.43 bits per heavy atom. The molecule has 7 nitrogen and oxygen atoms in total. The van der Waals surface area contributed by atoms with Gasteiger partial charge in [0.05, 0.1) is 5.69 Å². The van der Waals surface area contributed by atoms with Gasteiger partial charge < -0.3 is 9.47 Å². The van der Waals surface area contributed by atoms with Crippen LogP contribution in [0.3, 0.4) is 0 Å². The zero-order chi connectivity index (χ0) is 26.6. The molecule has 0 unspecified atom stereocenters. The first-order chi connectivity index (χ1) is 17.6. The van der Waals surface area contributed by atoms with Gasteiger partial charge in [0.1, 0.15) is 30.3 Å². The summed E-state index contributed by atoms with van der Waals surface area (Å²) in [5, 5.41) is 2.24. The summed E-state index contributed by atoms with van der Waals surface area (Å²) in [5.74, 6) is 0.0104. The number of carbonyl (C=O) groups excluding carboxylic acids is 3. The highest BCUT2D eigenvalue weighted by Crippen LogP contribution is 2.25. The molecule has 7 heteroatoms. The van der Waals surface area contributed by atoms with Crippen LogP contribution in [0.1, 0.15) is 37.5 Å². The number of anilines is 1. The number of barbiturate groups is 1. The lowest BCUT2D eigenvalue weighted by Gasteiger charge is -2.26. The number of carbonyl (C=O) groups is 3. The topological polar surface area (TPSA) is 84.9 Å². The van der Waals surface area contributed by atoms with Crippen molar-refractivity contribution in [3.05, 3.63) is 95.1 Å². The van der Waals surface area contributed by atoms with Gasteiger partial charge in [-0.2, -0.15) is 0 Å². The smallest absolute Gasteiger partial charge is 0.335 e. The van der Waals surface area contributed by atoms with Crippen molar-refractivity contribution in [3.63, 3.8) is 0 Å². The first kappa shape index (κ1) is 25.7. The molecular formula is C30H30N2O5. The number of ether oxygens (including phenoxy) is 2. The molecule has 1 heterocycles. The Bertz CT molecular complexity index is 1340. The second-order valence-electron chi connectivity index (χ2n) is 9.84. The quantitative estimate of drug-likeness (QED) is 0.267. The summed E-state index contributed by atoms with van der Waals surface area (Å²) in [6, 6.07) is 21.2. The molecule has 3 aromatic carbocycles. The average molecular weight is 499 g/mol. The van der Waals surface area contributed by atoms with E-state index < -0.39 is 17.8 Å². The van der Waals surface area contributed by atoms with Gasteiger partial charge in [-0.1, -0.05) is 57.2 Å². The van der Waals surface area contributed by atoms with Crippen molar-refractivity contribution < 1.29 is 23.9 Å². The summed E-state index contributed by atoms with van der Waals surface area (Å²) in [6.45, 7) is 9.11. The molecule has 0 bridgehead atoms. The van der Waals surface area contributed by atoms with E-state index in [9.17, 15) is 14.4 Å². The molecule has 4 amide bonds. The van der Waals surface area contributed by atoms with Crippen LogP contribution in [0.2, 0.25) is 0 Å². The molecule has 1 aliphatic heterocycles. The van der Waals surface area contributed by atoms with Crippen LogP contribution < -0.4 is 19.7 Å². The molecule has 0 spiro atoms. The predicted octanol–water partition coefficient (Wildman–Crippen LogP) is 5.42. The lowest BCUT2D eigenvalue weighted by Crippen LogP contribution is -2.54. The third-order valence-electron chi connectivity index (χ3n) is 5.89. The van der Waals surface area contributed by atoms with Gasteiger partial charge in [-0.25, -0.2) is 9.69 Å². The van der Waals surface area contributed by atoms with E-state index in [0.29, 0.717) is 30.2 Å². The van der Waals surface area contributed by atoms with Gasteiger partial charge in [-0.15, -0.1) is 0 Å². The molecule has 0 radical (unpaired) electrons. The normalized spacial score (nSPS) is 15.1. The SMILES string of the molecule is Cc1cccc(N2C(=O)NC(=O)/C(=C/c3ccc(OCCOc4ccc(C(C)(C)C)cc4)cc3)C2=O)c1. The van der Waals surface area contributed by atoms with Gasteiger partial charge in [0, 0.05) is 0 Å². The highest BCUT2D eigenvalue weighted by atomic mass is 16.5. The zero-order valence-electron chi connectivity index (χ0n) is 21.4. The molecule has 0 saturated carbocycles. The second-order valence-corrected chi connectivity index (χ2v) is 9.84. The van der Waals surface area contributed by atoms with E-state index in [4.69, 9.17) is 9.47 Å². The Kier molecular flexibility index (Phi) is 7.43. The zero-order valence-corrected chi connectivity index (χ0v) is 21.4. The van der Waals surface area contributed by atoms with E-state index in [2.05, 4.69) is 38.2 Å². The van der Waals surface area contributed by atoms with Gasteiger partial charge in [-0.3, -0.25) is 14.9 Å². The van der Waals surface area contributed by atoms with Gasteiger partial charge in [0.15, 0.2) is 0 Å². The van der Waals surface area contributed by atoms with Crippen LogP contribution in [0.5, 0.6) is 11.5 Å². The molecule has 1 saturated heterocycles. The van der Waals surface area contributed by atoms with Crippen molar-refractivity contribution in [2.45, 2.75) is 33.1 Å². The number of benzene rings is 3. The predicted molar refractivity (Wildman–Crippen MR) is 143 cm³/mol. The molecular weight excluding hydrogens is 468 g/mol. The molecule has 3 aromatic rings. The summed E-state index contributed by atoms with van der Waals surface area (Å²) in [6.07, 6.45) is 1.46. The van der Waals surface area contributed by atoms with Gasteiger partial charge in [0.2, 0.25) is 0 Å². The summed E-state index contributed by atoms with van der Waals surface area (Å²) in [5.41, 5.74) is 3.13. The van der Waals surface area contributed by atoms with E-state index in [1.807, 2.05) is 25.1 Å². The Balaban J connectivity index is 1.36. The van der Waals surface area contributed by atoms with Crippen LogP contribution in [-0.2, 0) is 15.0 Å². The molecule has 4 rings (SSSR count). The van der Waals surface area contributed by atoms with Crippen LogP contribution >= 0.6 is 0 Å². The summed E-state index contributed by atoms with van der Waals surface area (Å²) < 4.78 is 11.5. The summed E-state index contributed by atoms with van der Waals surface area (Å²) in [4.78, 5) is 38.8. The highest BCUT2D eigenvalue weighted by Gasteiger charge is 2.36. The monoisotopic (exact) mass is 498 g/mol. The van der Waals surface area contributed by atoms with E-state index in [-0.39, 0.29) is 11.0 Å². The molecule has 0 atom stereocenters. The molecule has 0 aromatic heterocycles. The Hall–Kier alpha value is -4.39. The number of nitrogens with one attached hydrogen (secondary N) is 1. The lowest BCUT2D eigenvalue weighted by atomic mass is 9.87. The maximum absolute atomic E-state index is 13.0. The third kappa shape index (κ3) is 6.25. The highest BCUT2D eigenvalue weighted by molar-refractivity contribution is 6.39. The lowest BCUT2D eigenvalue weighted by molar-refractivity contribution is -0.122. The Morgan fingerprint density at radius 3 is 2.00 bits per heavy atom. The van der Waals surface area contributed by atoms with Crippen LogP contribution in [-0.4, -0.2) is 31.1 Å². The molecule has 1 N–H and O–H groups in total. The standard InChI is InChI=1S/C30H30N2O5/c1-20-6-5-7-23(18-20)32-28(34)26(27(33)31-29(32)35)19-21-8-12-24(13-9-21)36-16-17-37-25-14-10-22(11-15-25)30(2,3)4/h5-15,18-19H,16-17H2,1-4H3,(H,31,33,35)/b26-19-. The van der Waals surface area contributed by atoms with Crippen molar-refractivity contribution in [2.75, 3.05) is 18.1 Å². The van der Waals surface area contributed by atoms with E-state index in [1.54, 1.807) is 42.5 Å². The number of aryl methyl sites for hydroxylation is 1. The van der Waals surface area contributed by atoms with Crippen molar-refractivity contribution >= 4 is 29.6 Å². The third-order valence-corrected chi connectivity index (χ3v) is 5.89. The van der Waals surface area contributed by atoms with Gasteiger partial charge in [-0.05, 0) is 71.5 Å². The fourth-order valence-corrected chi connectivity index (χ4v) is 3.86. The second kappa shape index (κ2) is 10.7. The Labute approximate surface area is 216 Å². The fraction of sp³-hybridized carbons (Fsp3) is 0.233. The van der Waals surface area contributed by atoms with E-state index in [1.165, 1.54) is 11.6 Å². The number of amides is 4. The van der Waals surface area contributed by atoms with Crippen LogP contribution in [0, 0.1) is 6.92 Å². The van der Waals surface area contributed by atoms with Gasteiger partial charge in [0.25, 0.3) is 11.8 Å². The molecule has 190 valence electrons. The number of rotatable bonds is 7. The van der Waals surface area contributed by atoms with Crippen LogP contribution in [0.15, 0.2) is 78.4 Å². The van der Waals surface area contributed by atoms with Crippen LogP contribution in [0.4, 0.5) is 10.5 Å². The van der Waals surface area contributed by atoms with Crippen LogP contribution in [0.25, 0.3) is 6.08 Å². The number of nitrogens with zero attached hydrogens (tertiary/aromatic N) is 1. The van der Waals surface area contributed by atoms with Gasteiger partial charge >= 0.3 is 6.03 Å². The first-order valence-corrected chi connectivity index (χ1v) is 12.1. The fourth-order valence-electron chi connectivity index (χ4n) is 3.86. The van der Waals surface area contributed by atoms with Crippen molar-refractivity contribution in [2.24, 2.45) is 0 Å². The largest absolute Gasteiger partial charge is 0.490 e. The Morgan fingerprint density at radius 1 is 0.838 bits per heavy atom. The number of urea groups is 1. The number of imide groups is 2. The molecule has 0 aliphatic carbocycles. The minimum Gasteiger partial charge on any atom is -0.490 e. The molecule has 1 aliphatic rings. The summed E-state index contributed by atoms with van der Waals surface area (Å²) >= 11 is 0. The number of hydrogen-bond acceptors (Lipinski definition) is 5. The van der Waals surface area contributed by atoms with Crippen molar-refractivity contribution in [1.82, 2.24) is 5.32 Å².